The number of nitrogens with zero attached hydrogens (tertiary/aromatic N) is 2. The van der Waals surface area contributed by atoms with E-state index in [-0.39, 0.29) is 18.3 Å². The summed E-state index contributed by atoms with van der Waals surface area (Å²) in [4.78, 5) is 18.0. The summed E-state index contributed by atoms with van der Waals surface area (Å²) in [5, 5.41) is 4.96. The van der Waals surface area contributed by atoms with Crippen LogP contribution < -0.4 is 10.1 Å². The third-order valence-electron chi connectivity index (χ3n) is 4.04. The molecule has 1 aliphatic carbocycles. The fraction of sp³-hybridized carbons (Fsp3) is 0.412. The van der Waals surface area contributed by atoms with Crippen molar-refractivity contribution in [1.82, 2.24) is 4.57 Å². The maximum Gasteiger partial charge on any atom is 0.230 e. The van der Waals surface area contributed by atoms with Crippen LogP contribution in [0.15, 0.2) is 40.7 Å². The average molecular weight is 352 g/mol. The number of anilines is 1. The van der Waals surface area contributed by atoms with Crippen LogP contribution in [0, 0.1) is 0 Å². The lowest BCUT2D eigenvalue weighted by Crippen LogP contribution is -2.20. The average Bonchev–Trinajstić information content (AvgIpc) is 3.14. The van der Waals surface area contributed by atoms with Crippen LogP contribution in [0.4, 0.5) is 5.69 Å². The predicted molar refractivity (Wildman–Crippen MR) is 97.1 cm³/mol. The summed E-state index contributed by atoms with van der Waals surface area (Å²) < 4.78 is 2.05. The maximum atomic E-state index is 12.1. The summed E-state index contributed by atoms with van der Waals surface area (Å²) >= 11 is 1.63. The number of hydrogen-bond acceptors (Lipinski definition) is 3. The monoisotopic (exact) mass is 351 g/mol. The Balaban J connectivity index is 0.00000192. The Morgan fingerprint density at radius 2 is 2.00 bits per heavy atom. The van der Waals surface area contributed by atoms with E-state index in [0.29, 0.717) is 12.5 Å². The van der Waals surface area contributed by atoms with Gasteiger partial charge < -0.3 is 9.88 Å². The molecule has 1 heterocycles. The van der Waals surface area contributed by atoms with Gasteiger partial charge in [0, 0.05) is 23.8 Å². The first-order chi connectivity index (χ1) is 10.7. The fourth-order valence-electron chi connectivity index (χ4n) is 2.76. The van der Waals surface area contributed by atoms with E-state index in [1.807, 2.05) is 47.3 Å². The molecule has 1 aliphatic rings. The molecule has 0 radical (unpaired) electrons. The number of carbonyl (C=O) groups excluding carboxylic acids is 1. The lowest BCUT2D eigenvalue weighted by molar-refractivity contribution is -0.115. The van der Waals surface area contributed by atoms with Gasteiger partial charge in [0.25, 0.3) is 0 Å². The molecular weight excluding hydrogens is 330 g/mol. The zero-order valence-corrected chi connectivity index (χ0v) is 14.8. The van der Waals surface area contributed by atoms with E-state index in [2.05, 4.69) is 5.32 Å². The van der Waals surface area contributed by atoms with Crippen molar-refractivity contribution in [2.45, 2.75) is 38.1 Å². The van der Waals surface area contributed by atoms with Gasteiger partial charge in [-0.15, -0.1) is 23.7 Å². The van der Waals surface area contributed by atoms with Crippen molar-refractivity contribution in [2.75, 3.05) is 5.32 Å². The number of halogens is 1. The Morgan fingerprint density at radius 3 is 2.70 bits per heavy atom. The van der Waals surface area contributed by atoms with E-state index in [9.17, 15) is 4.79 Å². The summed E-state index contributed by atoms with van der Waals surface area (Å²) in [7, 11) is 2.00. The SMILES string of the molecule is Cl.Cn1c(CC(=O)Nc2ccccc2)csc1=NC1CCCC1. The number of hydrogen-bond donors (Lipinski definition) is 1. The third-order valence-corrected chi connectivity index (χ3v) is 5.02. The highest BCUT2D eigenvalue weighted by molar-refractivity contribution is 7.07. The van der Waals surface area contributed by atoms with Crippen molar-refractivity contribution in [2.24, 2.45) is 12.0 Å². The summed E-state index contributed by atoms with van der Waals surface area (Å²) in [5.41, 5.74) is 1.84. The Kier molecular flexibility index (Phi) is 6.42. The molecule has 1 amide bonds. The molecular formula is C17H22ClN3OS. The number of amides is 1. The van der Waals surface area contributed by atoms with E-state index >= 15 is 0 Å². The molecule has 2 aromatic rings. The van der Waals surface area contributed by atoms with Crippen LogP contribution in [0.1, 0.15) is 31.4 Å². The first-order valence-electron chi connectivity index (χ1n) is 7.74. The van der Waals surface area contributed by atoms with Gasteiger partial charge in [-0.25, -0.2) is 0 Å². The summed E-state index contributed by atoms with van der Waals surface area (Å²) in [6, 6.07) is 10.0. The highest BCUT2D eigenvalue weighted by Crippen LogP contribution is 2.20. The second kappa shape index (κ2) is 8.31. The van der Waals surface area contributed by atoms with E-state index < -0.39 is 0 Å². The molecule has 0 saturated heterocycles. The quantitative estimate of drug-likeness (QED) is 0.899. The number of carbonyl (C=O) groups is 1. The van der Waals surface area contributed by atoms with Crippen LogP contribution in [-0.2, 0) is 18.3 Å². The zero-order valence-electron chi connectivity index (χ0n) is 13.2. The molecule has 0 unspecified atom stereocenters. The Labute approximate surface area is 146 Å². The van der Waals surface area contributed by atoms with Gasteiger partial charge in [-0.1, -0.05) is 31.0 Å². The molecule has 0 spiro atoms. The minimum Gasteiger partial charge on any atom is -0.326 e. The summed E-state index contributed by atoms with van der Waals surface area (Å²) in [6.07, 6.45) is 5.34. The number of thiazole rings is 1. The van der Waals surface area contributed by atoms with E-state index in [4.69, 9.17) is 4.99 Å². The molecule has 23 heavy (non-hydrogen) atoms. The fourth-order valence-corrected chi connectivity index (χ4v) is 3.73. The molecule has 1 aromatic carbocycles. The standard InChI is InChI=1S/C17H21N3OS.ClH/c1-20-15(11-16(21)18-13-7-3-2-4-8-13)12-22-17(20)19-14-9-5-6-10-14;/h2-4,7-8,12,14H,5-6,9-11H2,1H3,(H,18,21);1H. The van der Waals surface area contributed by atoms with Gasteiger partial charge in [0.2, 0.25) is 5.91 Å². The number of aromatic nitrogens is 1. The lowest BCUT2D eigenvalue weighted by Gasteiger charge is -2.06. The number of nitrogens with one attached hydrogen (secondary N) is 1. The Morgan fingerprint density at radius 1 is 1.30 bits per heavy atom. The molecule has 3 rings (SSSR count). The largest absolute Gasteiger partial charge is 0.326 e. The van der Waals surface area contributed by atoms with Crippen molar-refractivity contribution in [1.29, 1.82) is 0 Å². The maximum absolute atomic E-state index is 12.1. The highest BCUT2D eigenvalue weighted by atomic mass is 35.5. The van der Waals surface area contributed by atoms with Crippen molar-refractivity contribution in [3.63, 3.8) is 0 Å². The van der Waals surface area contributed by atoms with Crippen molar-refractivity contribution in [3.05, 3.63) is 46.2 Å². The van der Waals surface area contributed by atoms with Crippen molar-refractivity contribution in [3.8, 4) is 0 Å². The molecule has 0 aliphatic heterocycles. The summed E-state index contributed by atoms with van der Waals surface area (Å²) in [5.74, 6) is 0.00650. The minimum atomic E-state index is 0. The van der Waals surface area contributed by atoms with Crippen LogP contribution >= 0.6 is 23.7 Å². The second-order valence-electron chi connectivity index (χ2n) is 5.73. The van der Waals surface area contributed by atoms with Gasteiger partial charge in [-0.05, 0) is 25.0 Å². The van der Waals surface area contributed by atoms with Gasteiger partial charge in [-0.3, -0.25) is 9.79 Å². The minimum absolute atomic E-state index is 0. The molecule has 6 heteroatoms. The molecule has 1 aromatic heterocycles. The number of para-hydroxylation sites is 1. The first-order valence-corrected chi connectivity index (χ1v) is 8.62. The lowest BCUT2D eigenvalue weighted by atomic mass is 10.3. The summed E-state index contributed by atoms with van der Waals surface area (Å²) in [6.45, 7) is 0. The normalized spacial score (nSPS) is 15.4. The topological polar surface area (TPSA) is 46.4 Å². The highest BCUT2D eigenvalue weighted by Gasteiger charge is 2.14. The van der Waals surface area contributed by atoms with Crippen molar-refractivity contribution >= 4 is 35.3 Å². The van der Waals surface area contributed by atoms with Gasteiger partial charge in [-0.2, -0.15) is 0 Å². The third kappa shape index (κ3) is 4.69. The molecule has 4 nitrogen and oxygen atoms in total. The van der Waals surface area contributed by atoms with Gasteiger partial charge in [0.05, 0.1) is 12.5 Å². The second-order valence-corrected chi connectivity index (χ2v) is 6.56. The molecule has 124 valence electrons. The molecule has 0 atom stereocenters. The predicted octanol–water partition coefficient (Wildman–Crippen LogP) is 3.53. The Hall–Kier alpha value is -1.59. The molecule has 1 fully saturated rings. The van der Waals surface area contributed by atoms with E-state index in [1.165, 1.54) is 25.7 Å². The van der Waals surface area contributed by atoms with Crippen molar-refractivity contribution < 1.29 is 4.79 Å². The van der Waals surface area contributed by atoms with Gasteiger partial charge in [0.1, 0.15) is 0 Å². The van der Waals surface area contributed by atoms with Crippen LogP contribution in [0.2, 0.25) is 0 Å². The number of benzene rings is 1. The Bertz CT molecular complexity index is 702. The van der Waals surface area contributed by atoms with E-state index in [1.54, 1.807) is 11.3 Å². The first kappa shape index (κ1) is 17.8. The van der Waals surface area contributed by atoms with E-state index in [0.717, 1.165) is 16.2 Å². The molecule has 1 N–H and O–H groups in total. The molecule has 1 saturated carbocycles. The zero-order chi connectivity index (χ0) is 15.4. The number of rotatable bonds is 4. The smallest absolute Gasteiger partial charge is 0.230 e. The van der Waals surface area contributed by atoms with Crippen LogP contribution in [-0.4, -0.2) is 16.5 Å². The van der Waals surface area contributed by atoms with Crippen LogP contribution in [0.25, 0.3) is 0 Å². The van der Waals surface area contributed by atoms with Crippen LogP contribution in [0.5, 0.6) is 0 Å². The van der Waals surface area contributed by atoms with Gasteiger partial charge in [0.15, 0.2) is 4.80 Å². The van der Waals surface area contributed by atoms with Crippen LogP contribution in [0.3, 0.4) is 0 Å². The van der Waals surface area contributed by atoms with Gasteiger partial charge >= 0.3 is 0 Å². The molecule has 0 bridgehead atoms.